The number of likely N-dealkylation sites (tertiary alicyclic amines) is 1. The Balaban J connectivity index is 1.55. The quantitative estimate of drug-likeness (QED) is 0.658. The Morgan fingerprint density at radius 2 is 1.97 bits per heavy atom. The molecule has 3 rings (SSSR count). The number of benzene rings is 1. The van der Waals surface area contributed by atoms with Gasteiger partial charge in [-0.05, 0) is 50.7 Å². The summed E-state index contributed by atoms with van der Waals surface area (Å²) >= 11 is 0. The molecule has 1 saturated heterocycles. The largest absolute Gasteiger partial charge is 0.493 e. The van der Waals surface area contributed by atoms with Crippen molar-refractivity contribution < 1.29 is 14.6 Å². The number of piperidine rings is 1. The second-order valence-electron chi connectivity index (χ2n) is 7.94. The molecule has 1 aromatic carbocycles. The van der Waals surface area contributed by atoms with Gasteiger partial charge in [-0.25, -0.2) is 4.98 Å². The van der Waals surface area contributed by atoms with Crippen molar-refractivity contribution in [3.63, 3.8) is 0 Å². The molecule has 1 N–H and O–H groups in total. The molecule has 1 fully saturated rings. The molecule has 7 heteroatoms. The third-order valence-corrected chi connectivity index (χ3v) is 5.36. The predicted octanol–water partition coefficient (Wildman–Crippen LogP) is 2.29. The summed E-state index contributed by atoms with van der Waals surface area (Å²) in [6, 6.07) is 5.97. The SMILES string of the molecule is COc1ccc(CN(C)Cc2nccn2C)cc1OC[C@H](O)CN1CCCCC1. The van der Waals surface area contributed by atoms with Crippen molar-refractivity contribution in [3.8, 4) is 11.5 Å². The van der Waals surface area contributed by atoms with Crippen LogP contribution >= 0.6 is 0 Å². The molecule has 1 aromatic heterocycles. The summed E-state index contributed by atoms with van der Waals surface area (Å²) in [5.41, 5.74) is 1.13. The summed E-state index contributed by atoms with van der Waals surface area (Å²) in [7, 11) is 5.71. The van der Waals surface area contributed by atoms with Crippen molar-refractivity contribution in [2.75, 3.05) is 40.4 Å². The van der Waals surface area contributed by atoms with Crippen molar-refractivity contribution in [2.24, 2.45) is 7.05 Å². The Morgan fingerprint density at radius 1 is 1.17 bits per heavy atom. The van der Waals surface area contributed by atoms with Crippen molar-refractivity contribution in [3.05, 3.63) is 42.0 Å². The second kappa shape index (κ2) is 10.6. The Kier molecular flexibility index (Phi) is 7.91. The number of imidazole rings is 1. The number of aromatic nitrogens is 2. The van der Waals surface area contributed by atoms with Gasteiger partial charge in [-0.2, -0.15) is 0 Å². The second-order valence-corrected chi connectivity index (χ2v) is 7.94. The Bertz CT molecular complexity index is 758. The van der Waals surface area contributed by atoms with Crippen LogP contribution in [-0.4, -0.2) is 71.0 Å². The first-order chi connectivity index (χ1) is 14.0. The monoisotopic (exact) mass is 402 g/mol. The lowest BCUT2D eigenvalue weighted by atomic mass is 10.1. The lowest BCUT2D eigenvalue weighted by molar-refractivity contribution is 0.0608. The molecule has 29 heavy (non-hydrogen) atoms. The maximum absolute atomic E-state index is 10.4. The average molecular weight is 403 g/mol. The minimum absolute atomic E-state index is 0.263. The molecule has 0 spiro atoms. The highest BCUT2D eigenvalue weighted by atomic mass is 16.5. The molecular formula is C22H34N4O3. The average Bonchev–Trinajstić information content (AvgIpc) is 3.11. The van der Waals surface area contributed by atoms with Crippen molar-refractivity contribution in [1.29, 1.82) is 0 Å². The number of hydrogen-bond acceptors (Lipinski definition) is 6. The molecule has 7 nitrogen and oxygen atoms in total. The summed E-state index contributed by atoms with van der Waals surface area (Å²) in [6.45, 7) is 4.59. The van der Waals surface area contributed by atoms with Gasteiger partial charge in [0.05, 0.1) is 13.7 Å². The molecule has 0 bridgehead atoms. The minimum atomic E-state index is -0.507. The van der Waals surface area contributed by atoms with Crippen LogP contribution < -0.4 is 9.47 Å². The first-order valence-corrected chi connectivity index (χ1v) is 10.4. The molecule has 160 valence electrons. The van der Waals surface area contributed by atoms with Gasteiger partial charge >= 0.3 is 0 Å². The Morgan fingerprint density at radius 3 is 2.66 bits per heavy atom. The van der Waals surface area contributed by atoms with E-state index in [9.17, 15) is 5.11 Å². The number of rotatable bonds is 10. The van der Waals surface area contributed by atoms with E-state index in [1.807, 2.05) is 42.2 Å². The summed E-state index contributed by atoms with van der Waals surface area (Å²) < 4.78 is 13.4. The van der Waals surface area contributed by atoms with E-state index in [1.165, 1.54) is 19.3 Å². The van der Waals surface area contributed by atoms with Crippen molar-refractivity contribution in [2.45, 2.75) is 38.5 Å². The first-order valence-electron chi connectivity index (χ1n) is 10.4. The highest BCUT2D eigenvalue weighted by molar-refractivity contribution is 5.43. The molecule has 0 unspecified atom stereocenters. The van der Waals surface area contributed by atoms with Crippen LogP contribution in [0.3, 0.4) is 0 Å². The number of aryl methyl sites for hydroxylation is 1. The molecule has 1 aliphatic heterocycles. The highest BCUT2D eigenvalue weighted by Gasteiger charge is 2.16. The number of hydrogen-bond donors (Lipinski definition) is 1. The zero-order valence-corrected chi connectivity index (χ0v) is 17.9. The van der Waals surface area contributed by atoms with Gasteiger partial charge in [0.25, 0.3) is 0 Å². The van der Waals surface area contributed by atoms with Crippen LogP contribution in [0.5, 0.6) is 11.5 Å². The number of β-amino-alcohol motifs (C(OH)–C–C–N with tert-alkyl or cyclic N) is 1. The Labute approximate surface area is 173 Å². The van der Waals surface area contributed by atoms with Gasteiger partial charge in [0, 0.05) is 32.5 Å². The Hall–Kier alpha value is -2.09. The molecule has 0 saturated carbocycles. The number of nitrogens with zero attached hydrogens (tertiary/aromatic N) is 4. The lowest BCUT2D eigenvalue weighted by Crippen LogP contribution is -2.38. The summed E-state index contributed by atoms with van der Waals surface area (Å²) in [6.07, 6.45) is 6.99. The van der Waals surface area contributed by atoms with Crippen LogP contribution in [0.2, 0.25) is 0 Å². The van der Waals surface area contributed by atoms with Gasteiger partial charge in [0.15, 0.2) is 11.5 Å². The van der Waals surface area contributed by atoms with E-state index in [0.29, 0.717) is 18.0 Å². The topological polar surface area (TPSA) is 63.0 Å². The first kappa shape index (κ1) is 21.6. The van der Waals surface area contributed by atoms with Crippen LogP contribution in [-0.2, 0) is 20.1 Å². The third kappa shape index (κ3) is 6.45. The van der Waals surface area contributed by atoms with E-state index in [-0.39, 0.29) is 6.61 Å². The summed E-state index contributed by atoms with van der Waals surface area (Å²) in [4.78, 5) is 8.91. The van der Waals surface area contributed by atoms with Gasteiger partial charge in [-0.1, -0.05) is 12.5 Å². The van der Waals surface area contributed by atoms with E-state index >= 15 is 0 Å². The highest BCUT2D eigenvalue weighted by Crippen LogP contribution is 2.29. The van der Waals surface area contributed by atoms with Crippen LogP contribution in [0.4, 0.5) is 0 Å². The molecule has 0 radical (unpaired) electrons. The van der Waals surface area contributed by atoms with Crippen molar-refractivity contribution >= 4 is 0 Å². The number of ether oxygens (including phenoxy) is 2. The van der Waals surface area contributed by atoms with Gasteiger partial charge < -0.3 is 24.0 Å². The van der Waals surface area contributed by atoms with Crippen molar-refractivity contribution in [1.82, 2.24) is 19.4 Å². The number of aliphatic hydroxyl groups excluding tert-OH is 1. The molecule has 1 aliphatic rings. The van der Waals surface area contributed by atoms with Crippen LogP contribution in [0.25, 0.3) is 0 Å². The fourth-order valence-corrected chi connectivity index (χ4v) is 3.77. The van der Waals surface area contributed by atoms with Crippen LogP contribution in [0.15, 0.2) is 30.6 Å². The number of methoxy groups -OCH3 is 1. The molecule has 0 amide bonds. The van der Waals surface area contributed by atoms with E-state index < -0.39 is 6.10 Å². The molecule has 2 aromatic rings. The van der Waals surface area contributed by atoms with E-state index in [0.717, 1.165) is 37.6 Å². The molecular weight excluding hydrogens is 368 g/mol. The van der Waals surface area contributed by atoms with Gasteiger partial charge in [-0.3, -0.25) is 4.90 Å². The smallest absolute Gasteiger partial charge is 0.161 e. The number of aliphatic hydroxyl groups is 1. The maximum Gasteiger partial charge on any atom is 0.161 e. The zero-order chi connectivity index (χ0) is 20.6. The van der Waals surface area contributed by atoms with Crippen LogP contribution in [0.1, 0.15) is 30.7 Å². The predicted molar refractivity (Wildman–Crippen MR) is 113 cm³/mol. The van der Waals surface area contributed by atoms with E-state index in [2.05, 4.69) is 21.8 Å². The normalized spacial score (nSPS) is 16.2. The standard InChI is InChI=1S/C22H34N4O3/c1-24(16-22-23-9-12-25(22)2)14-18-7-8-20(28-3)21(13-18)29-17-19(27)15-26-10-5-4-6-11-26/h7-9,12-13,19,27H,4-6,10-11,14-17H2,1-3H3/t19-/m1/s1. The van der Waals surface area contributed by atoms with E-state index in [4.69, 9.17) is 9.47 Å². The maximum atomic E-state index is 10.4. The van der Waals surface area contributed by atoms with Crippen LogP contribution in [0, 0.1) is 0 Å². The van der Waals surface area contributed by atoms with Gasteiger partial charge in [0.1, 0.15) is 18.5 Å². The summed E-state index contributed by atoms with van der Waals surface area (Å²) in [5.74, 6) is 2.39. The molecule has 1 atom stereocenters. The van der Waals surface area contributed by atoms with Gasteiger partial charge in [-0.15, -0.1) is 0 Å². The molecule has 0 aliphatic carbocycles. The summed E-state index contributed by atoms with van der Waals surface area (Å²) in [5, 5.41) is 10.4. The minimum Gasteiger partial charge on any atom is -0.493 e. The fraction of sp³-hybridized carbons (Fsp3) is 0.591. The fourth-order valence-electron chi connectivity index (χ4n) is 3.77. The zero-order valence-electron chi connectivity index (χ0n) is 17.9. The third-order valence-electron chi connectivity index (χ3n) is 5.36. The van der Waals surface area contributed by atoms with E-state index in [1.54, 1.807) is 7.11 Å². The lowest BCUT2D eigenvalue weighted by Gasteiger charge is -2.28. The molecule has 2 heterocycles. The van der Waals surface area contributed by atoms with Gasteiger partial charge in [0.2, 0.25) is 0 Å².